The number of hydrogen-bond acceptors (Lipinski definition) is 2. The molecular formula is C15H20N2O. The lowest BCUT2D eigenvalue weighted by molar-refractivity contribution is -0.111. The Morgan fingerprint density at radius 1 is 1.33 bits per heavy atom. The van der Waals surface area contributed by atoms with Crippen LogP contribution in [-0.2, 0) is 4.79 Å². The Morgan fingerprint density at radius 3 is 2.67 bits per heavy atom. The maximum absolute atomic E-state index is 11.3. The highest BCUT2D eigenvalue weighted by atomic mass is 16.1. The minimum absolute atomic E-state index is 0.163. The van der Waals surface area contributed by atoms with Crippen molar-refractivity contribution in [3.8, 4) is 0 Å². The van der Waals surface area contributed by atoms with E-state index in [0.717, 1.165) is 24.3 Å². The van der Waals surface area contributed by atoms with E-state index in [4.69, 9.17) is 0 Å². The van der Waals surface area contributed by atoms with Gasteiger partial charge in [0.2, 0.25) is 5.91 Å². The standard InChI is InChI=1S/C15H20N2O/c1-3-15(18)16-14-8-7-13(11-12(14)2)17-9-5-4-6-10-17/h3,7-8,11H,1,4-6,9-10H2,2H3,(H,16,18). The SMILES string of the molecule is C=CC(=O)Nc1ccc(N2CCCCC2)cc1C. The van der Waals surface area contributed by atoms with Crippen LogP contribution in [-0.4, -0.2) is 19.0 Å². The maximum Gasteiger partial charge on any atom is 0.247 e. The molecule has 0 aliphatic carbocycles. The summed E-state index contributed by atoms with van der Waals surface area (Å²) in [5, 5.41) is 2.81. The third-order valence-electron chi connectivity index (χ3n) is 3.37. The van der Waals surface area contributed by atoms with Crippen molar-refractivity contribution in [3.63, 3.8) is 0 Å². The lowest BCUT2D eigenvalue weighted by atomic mass is 10.1. The molecule has 1 amide bonds. The lowest BCUT2D eigenvalue weighted by Crippen LogP contribution is -2.29. The Hall–Kier alpha value is -1.77. The number of anilines is 2. The van der Waals surface area contributed by atoms with Crippen molar-refractivity contribution in [2.24, 2.45) is 0 Å². The molecule has 0 spiro atoms. The van der Waals surface area contributed by atoms with E-state index < -0.39 is 0 Å². The van der Waals surface area contributed by atoms with Crippen LogP contribution in [0.1, 0.15) is 24.8 Å². The van der Waals surface area contributed by atoms with Crippen LogP contribution in [0, 0.1) is 6.92 Å². The lowest BCUT2D eigenvalue weighted by Gasteiger charge is -2.29. The van der Waals surface area contributed by atoms with Gasteiger partial charge in [0.25, 0.3) is 0 Å². The van der Waals surface area contributed by atoms with E-state index >= 15 is 0 Å². The summed E-state index contributed by atoms with van der Waals surface area (Å²) in [7, 11) is 0. The van der Waals surface area contributed by atoms with Gasteiger partial charge in [-0.2, -0.15) is 0 Å². The average molecular weight is 244 g/mol. The van der Waals surface area contributed by atoms with Crippen LogP contribution >= 0.6 is 0 Å². The Kier molecular flexibility index (Phi) is 4.03. The number of amides is 1. The molecule has 1 aliphatic heterocycles. The number of hydrogen-bond donors (Lipinski definition) is 1. The van der Waals surface area contributed by atoms with Gasteiger partial charge in [-0.25, -0.2) is 0 Å². The fourth-order valence-electron chi connectivity index (χ4n) is 2.32. The van der Waals surface area contributed by atoms with Crippen molar-refractivity contribution >= 4 is 17.3 Å². The molecule has 3 nitrogen and oxygen atoms in total. The highest BCUT2D eigenvalue weighted by Gasteiger charge is 2.12. The van der Waals surface area contributed by atoms with Crippen molar-refractivity contribution in [1.29, 1.82) is 0 Å². The van der Waals surface area contributed by atoms with Crippen molar-refractivity contribution in [2.75, 3.05) is 23.3 Å². The Morgan fingerprint density at radius 2 is 2.06 bits per heavy atom. The second-order valence-electron chi connectivity index (χ2n) is 4.74. The van der Waals surface area contributed by atoms with Crippen molar-refractivity contribution in [1.82, 2.24) is 0 Å². The normalized spacial score (nSPS) is 15.3. The largest absolute Gasteiger partial charge is 0.372 e. The molecule has 0 radical (unpaired) electrons. The molecule has 0 atom stereocenters. The molecule has 1 saturated heterocycles. The number of carbonyl (C=O) groups excluding carboxylic acids is 1. The third kappa shape index (κ3) is 2.92. The van der Waals surface area contributed by atoms with Gasteiger partial charge in [0.15, 0.2) is 0 Å². The molecule has 1 heterocycles. The number of aryl methyl sites for hydroxylation is 1. The second kappa shape index (κ2) is 5.71. The zero-order valence-electron chi connectivity index (χ0n) is 10.9. The number of nitrogens with one attached hydrogen (secondary N) is 1. The van der Waals surface area contributed by atoms with Gasteiger partial charge in [-0.1, -0.05) is 6.58 Å². The molecule has 3 heteroatoms. The van der Waals surface area contributed by atoms with Crippen LogP contribution in [0.4, 0.5) is 11.4 Å². The fraction of sp³-hybridized carbons (Fsp3) is 0.400. The van der Waals surface area contributed by atoms with Gasteiger partial charge < -0.3 is 10.2 Å². The van der Waals surface area contributed by atoms with Crippen LogP contribution in [0.3, 0.4) is 0 Å². The first-order valence-corrected chi connectivity index (χ1v) is 6.50. The molecule has 18 heavy (non-hydrogen) atoms. The van der Waals surface area contributed by atoms with E-state index in [1.54, 1.807) is 0 Å². The number of nitrogens with zero attached hydrogens (tertiary/aromatic N) is 1. The smallest absolute Gasteiger partial charge is 0.247 e. The zero-order valence-corrected chi connectivity index (χ0v) is 10.9. The predicted molar refractivity (Wildman–Crippen MR) is 76.1 cm³/mol. The van der Waals surface area contributed by atoms with Crippen LogP contribution < -0.4 is 10.2 Å². The zero-order chi connectivity index (χ0) is 13.0. The molecule has 1 N–H and O–H groups in total. The topological polar surface area (TPSA) is 32.3 Å². The molecule has 0 bridgehead atoms. The summed E-state index contributed by atoms with van der Waals surface area (Å²) in [6.07, 6.45) is 5.17. The number of rotatable bonds is 3. The Bertz CT molecular complexity index is 448. The molecule has 1 aliphatic rings. The Balaban J connectivity index is 2.13. The summed E-state index contributed by atoms with van der Waals surface area (Å²) in [5.41, 5.74) is 3.21. The monoisotopic (exact) mass is 244 g/mol. The Labute approximate surface area is 108 Å². The number of carbonyl (C=O) groups is 1. The quantitative estimate of drug-likeness (QED) is 0.829. The summed E-state index contributed by atoms with van der Waals surface area (Å²) in [4.78, 5) is 13.7. The molecule has 0 saturated carbocycles. The van der Waals surface area contributed by atoms with Gasteiger partial charge in [0, 0.05) is 24.5 Å². The molecule has 1 fully saturated rings. The number of piperidine rings is 1. The van der Waals surface area contributed by atoms with E-state index in [-0.39, 0.29) is 5.91 Å². The van der Waals surface area contributed by atoms with E-state index in [9.17, 15) is 4.79 Å². The first-order chi connectivity index (χ1) is 8.70. The molecule has 1 aromatic carbocycles. The number of benzene rings is 1. The van der Waals surface area contributed by atoms with E-state index in [1.807, 2.05) is 13.0 Å². The third-order valence-corrected chi connectivity index (χ3v) is 3.37. The van der Waals surface area contributed by atoms with E-state index in [1.165, 1.54) is 31.0 Å². The predicted octanol–water partition coefficient (Wildman–Crippen LogP) is 3.11. The minimum atomic E-state index is -0.163. The maximum atomic E-state index is 11.3. The first-order valence-electron chi connectivity index (χ1n) is 6.50. The molecule has 1 aromatic rings. The average Bonchev–Trinajstić information content (AvgIpc) is 2.42. The van der Waals surface area contributed by atoms with E-state index in [2.05, 4.69) is 28.9 Å². The second-order valence-corrected chi connectivity index (χ2v) is 4.74. The van der Waals surface area contributed by atoms with Crippen molar-refractivity contribution < 1.29 is 4.79 Å². The van der Waals surface area contributed by atoms with Crippen molar-refractivity contribution in [3.05, 3.63) is 36.4 Å². The summed E-state index contributed by atoms with van der Waals surface area (Å²) >= 11 is 0. The molecule has 2 rings (SSSR count). The van der Waals surface area contributed by atoms with Crippen LogP contribution in [0.2, 0.25) is 0 Å². The molecule has 0 aromatic heterocycles. The first kappa shape index (κ1) is 12.7. The molecule has 0 unspecified atom stereocenters. The molecule has 96 valence electrons. The van der Waals surface area contributed by atoms with Crippen LogP contribution in [0.15, 0.2) is 30.9 Å². The minimum Gasteiger partial charge on any atom is -0.372 e. The summed E-state index contributed by atoms with van der Waals surface area (Å²) in [6, 6.07) is 6.20. The summed E-state index contributed by atoms with van der Waals surface area (Å²) in [5.74, 6) is -0.163. The summed E-state index contributed by atoms with van der Waals surface area (Å²) in [6.45, 7) is 7.75. The highest BCUT2D eigenvalue weighted by Crippen LogP contribution is 2.25. The van der Waals surface area contributed by atoms with Crippen LogP contribution in [0.5, 0.6) is 0 Å². The van der Waals surface area contributed by atoms with Crippen molar-refractivity contribution in [2.45, 2.75) is 26.2 Å². The fourth-order valence-corrected chi connectivity index (χ4v) is 2.32. The van der Waals surface area contributed by atoms with Gasteiger partial charge >= 0.3 is 0 Å². The molecular weight excluding hydrogens is 224 g/mol. The van der Waals surface area contributed by atoms with E-state index in [0.29, 0.717) is 0 Å². The summed E-state index contributed by atoms with van der Waals surface area (Å²) < 4.78 is 0. The van der Waals surface area contributed by atoms with Gasteiger partial charge in [0.1, 0.15) is 0 Å². The van der Waals surface area contributed by atoms with Crippen LogP contribution in [0.25, 0.3) is 0 Å². The highest BCUT2D eigenvalue weighted by molar-refractivity contribution is 5.99. The van der Waals surface area contributed by atoms with Gasteiger partial charge in [0.05, 0.1) is 0 Å². The van der Waals surface area contributed by atoms with Gasteiger partial charge in [-0.15, -0.1) is 0 Å². The van der Waals surface area contributed by atoms with Gasteiger partial charge in [-0.3, -0.25) is 4.79 Å². The van der Waals surface area contributed by atoms with Gasteiger partial charge in [-0.05, 0) is 56.0 Å².